The summed E-state index contributed by atoms with van der Waals surface area (Å²) < 4.78 is 4.61. The molecular weight excluding hydrogens is 160 g/mol. The molecule has 1 atom stereocenters. The molecule has 1 fully saturated rings. The zero-order chi connectivity index (χ0) is 8.97. The SMILES string of the molecule is N#CCC(=O)NC1CCOC1=O. The molecule has 1 unspecified atom stereocenters. The number of hydrogen-bond acceptors (Lipinski definition) is 4. The van der Waals surface area contributed by atoms with Gasteiger partial charge in [-0.2, -0.15) is 5.26 Å². The van der Waals surface area contributed by atoms with Crippen LogP contribution in [0, 0.1) is 11.3 Å². The lowest BCUT2D eigenvalue weighted by Crippen LogP contribution is -2.37. The molecule has 1 aliphatic heterocycles. The number of esters is 1. The zero-order valence-electron chi connectivity index (χ0n) is 6.37. The molecule has 64 valence electrons. The third-order valence-corrected chi connectivity index (χ3v) is 1.51. The van der Waals surface area contributed by atoms with Crippen LogP contribution in [-0.4, -0.2) is 24.5 Å². The van der Waals surface area contributed by atoms with Crippen LogP contribution >= 0.6 is 0 Å². The first-order valence-corrected chi connectivity index (χ1v) is 3.57. The van der Waals surface area contributed by atoms with Gasteiger partial charge < -0.3 is 10.1 Å². The van der Waals surface area contributed by atoms with Gasteiger partial charge in [0, 0.05) is 6.42 Å². The minimum absolute atomic E-state index is 0.218. The molecule has 5 nitrogen and oxygen atoms in total. The van der Waals surface area contributed by atoms with Crippen molar-refractivity contribution in [2.75, 3.05) is 6.61 Å². The Morgan fingerprint density at radius 3 is 3.08 bits per heavy atom. The van der Waals surface area contributed by atoms with Gasteiger partial charge in [0.25, 0.3) is 0 Å². The summed E-state index contributed by atoms with van der Waals surface area (Å²) in [4.78, 5) is 21.6. The predicted octanol–water partition coefficient (Wildman–Crippen LogP) is -0.668. The van der Waals surface area contributed by atoms with Gasteiger partial charge in [0.2, 0.25) is 5.91 Å². The van der Waals surface area contributed by atoms with Crippen molar-refractivity contribution in [3.63, 3.8) is 0 Å². The fourth-order valence-electron chi connectivity index (χ4n) is 0.944. The summed E-state index contributed by atoms with van der Waals surface area (Å²) in [7, 11) is 0. The zero-order valence-corrected chi connectivity index (χ0v) is 6.37. The van der Waals surface area contributed by atoms with Crippen molar-refractivity contribution in [2.24, 2.45) is 0 Å². The van der Waals surface area contributed by atoms with E-state index in [-0.39, 0.29) is 6.42 Å². The molecule has 0 saturated carbocycles. The normalized spacial score (nSPS) is 21.2. The molecule has 1 aliphatic rings. The van der Waals surface area contributed by atoms with Gasteiger partial charge >= 0.3 is 5.97 Å². The molecule has 0 aliphatic carbocycles. The summed E-state index contributed by atoms with van der Waals surface area (Å²) in [5.41, 5.74) is 0. The maximum atomic E-state index is 10.8. The molecule has 0 bridgehead atoms. The van der Waals surface area contributed by atoms with Crippen LogP contribution in [0.4, 0.5) is 0 Å². The van der Waals surface area contributed by atoms with Gasteiger partial charge in [0.1, 0.15) is 12.5 Å². The number of carbonyl (C=O) groups is 2. The Morgan fingerprint density at radius 2 is 2.58 bits per heavy atom. The van der Waals surface area contributed by atoms with E-state index >= 15 is 0 Å². The Balaban J connectivity index is 2.36. The van der Waals surface area contributed by atoms with Gasteiger partial charge in [0.15, 0.2) is 0 Å². The molecule has 0 aromatic rings. The number of carbonyl (C=O) groups excluding carboxylic acids is 2. The van der Waals surface area contributed by atoms with Gasteiger partial charge in [0.05, 0.1) is 12.7 Å². The first-order valence-electron chi connectivity index (χ1n) is 3.57. The van der Waals surface area contributed by atoms with Crippen molar-refractivity contribution < 1.29 is 14.3 Å². The second kappa shape index (κ2) is 3.72. The molecule has 1 N–H and O–H groups in total. The second-order valence-corrected chi connectivity index (χ2v) is 2.41. The summed E-state index contributed by atoms with van der Waals surface area (Å²) in [6.45, 7) is 0.344. The Labute approximate surface area is 69.3 Å². The topological polar surface area (TPSA) is 79.2 Å². The van der Waals surface area contributed by atoms with E-state index in [2.05, 4.69) is 10.1 Å². The molecule has 5 heteroatoms. The molecular formula is C7H8N2O3. The molecule has 12 heavy (non-hydrogen) atoms. The maximum Gasteiger partial charge on any atom is 0.328 e. The van der Waals surface area contributed by atoms with E-state index in [1.54, 1.807) is 6.07 Å². The predicted molar refractivity (Wildman–Crippen MR) is 37.7 cm³/mol. The monoisotopic (exact) mass is 168 g/mol. The summed E-state index contributed by atoms with van der Waals surface area (Å²) in [5.74, 6) is -0.845. The summed E-state index contributed by atoms with van der Waals surface area (Å²) in [6.07, 6.45) is 0.278. The van der Waals surface area contributed by atoms with Crippen molar-refractivity contribution in [2.45, 2.75) is 18.9 Å². The molecule has 1 heterocycles. The number of nitrogens with one attached hydrogen (secondary N) is 1. The Hall–Kier alpha value is -1.57. The Bertz CT molecular complexity index is 244. The fourth-order valence-corrected chi connectivity index (χ4v) is 0.944. The van der Waals surface area contributed by atoms with Crippen molar-refractivity contribution in [1.29, 1.82) is 5.26 Å². The number of hydrogen-bond donors (Lipinski definition) is 1. The Kier molecular flexibility index (Phi) is 2.64. The van der Waals surface area contributed by atoms with Gasteiger partial charge in [-0.05, 0) is 0 Å². The largest absolute Gasteiger partial charge is 0.464 e. The first kappa shape index (κ1) is 8.53. The highest BCUT2D eigenvalue weighted by Crippen LogP contribution is 2.05. The van der Waals surface area contributed by atoms with Crippen molar-refractivity contribution >= 4 is 11.9 Å². The highest BCUT2D eigenvalue weighted by molar-refractivity contribution is 5.86. The summed E-state index contributed by atoms with van der Waals surface area (Å²) in [6, 6.07) is 1.14. The Morgan fingerprint density at radius 1 is 1.83 bits per heavy atom. The van der Waals surface area contributed by atoms with E-state index in [0.717, 1.165) is 0 Å². The average molecular weight is 168 g/mol. The standard InChI is InChI=1S/C7H8N2O3/c8-3-1-6(10)9-5-2-4-12-7(5)11/h5H,1-2,4H2,(H,9,10). The highest BCUT2D eigenvalue weighted by Gasteiger charge is 2.27. The molecule has 1 amide bonds. The summed E-state index contributed by atoms with van der Waals surface area (Å²) in [5, 5.41) is 10.5. The van der Waals surface area contributed by atoms with E-state index in [9.17, 15) is 9.59 Å². The third-order valence-electron chi connectivity index (χ3n) is 1.51. The van der Waals surface area contributed by atoms with Gasteiger partial charge in [-0.25, -0.2) is 4.79 Å². The number of nitriles is 1. The molecule has 0 spiro atoms. The van der Waals surface area contributed by atoms with Crippen LogP contribution in [0.3, 0.4) is 0 Å². The maximum absolute atomic E-state index is 10.8. The third kappa shape index (κ3) is 1.95. The molecule has 1 saturated heterocycles. The minimum Gasteiger partial charge on any atom is -0.464 e. The lowest BCUT2D eigenvalue weighted by Gasteiger charge is -2.05. The lowest BCUT2D eigenvalue weighted by atomic mass is 10.2. The van der Waals surface area contributed by atoms with E-state index in [4.69, 9.17) is 5.26 Å². The smallest absolute Gasteiger partial charge is 0.328 e. The number of nitrogens with zero attached hydrogens (tertiary/aromatic N) is 1. The van der Waals surface area contributed by atoms with Crippen LogP contribution < -0.4 is 5.32 Å². The van der Waals surface area contributed by atoms with Crippen molar-refractivity contribution in [1.82, 2.24) is 5.32 Å². The van der Waals surface area contributed by atoms with Crippen LogP contribution in [0.15, 0.2) is 0 Å². The quantitative estimate of drug-likeness (QED) is 0.554. The molecule has 0 aromatic heterocycles. The van der Waals surface area contributed by atoms with Crippen molar-refractivity contribution in [3.8, 4) is 6.07 Å². The van der Waals surface area contributed by atoms with Crippen molar-refractivity contribution in [3.05, 3.63) is 0 Å². The first-order chi connectivity index (χ1) is 5.74. The number of rotatable bonds is 2. The second-order valence-electron chi connectivity index (χ2n) is 2.41. The van der Waals surface area contributed by atoms with Gasteiger partial charge in [-0.15, -0.1) is 0 Å². The minimum atomic E-state index is -0.550. The van der Waals surface area contributed by atoms with Crippen LogP contribution in [0.2, 0.25) is 0 Å². The van der Waals surface area contributed by atoms with Crippen LogP contribution in [0.5, 0.6) is 0 Å². The molecule has 0 aromatic carbocycles. The molecule has 1 rings (SSSR count). The van der Waals surface area contributed by atoms with E-state index < -0.39 is 17.9 Å². The molecule has 0 radical (unpaired) electrons. The van der Waals surface area contributed by atoms with Crippen LogP contribution in [0.25, 0.3) is 0 Å². The highest BCUT2D eigenvalue weighted by atomic mass is 16.5. The van der Waals surface area contributed by atoms with E-state index in [1.807, 2.05) is 0 Å². The van der Waals surface area contributed by atoms with Gasteiger partial charge in [-0.3, -0.25) is 4.79 Å². The number of ether oxygens (including phenoxy) is 1. The van der Waals surface area contributed by atoms with Gasteiger partial charge in [-0.1, -0.05) is 0 Å². The number of amides is 1. The average Bonchev–Trinajstić information content (AvgIpc) is 2.37. The van der Waals surface area contributed by atoms with E-state index in [1.165, 1.54) is 0 Å². The van der Waals surface area contributed by atoms with Crippen LogP contribution in [0.1, 0.15) is 12.8 Å². The fraction of sp³-hybridized carbons (Fsp3) is 0.571. The number of cyclic esters (lactones) is 1. The van der Waals surface area contributed by atoms with E-state index in [0.29, 0.717) is 13.0 Å². The summed E-state index contributed by atoms with van der Waals surface area (Å²) >= 11 is 0. The lowest BCUT2D eigenvalue weighted by molar-refractivity contribution is -0.141. The van der Waals surface area contributed by atoms with Crippen LogP contribution in [-0.2, 0) is 14.3 Å².